The van der Waals surface area contributed by atoms with Gasteiger partial charge in [-0.3, -0.25) is 0 Å². The highest BCUT2D eigenvalue weighted by Gasteiger charge is 2.41. The average Bonchev–Trinajstić information content (AvgIpc) is 2.02. The van der Waals surface area contributed by atoms with E-state index in [1.165, 1.54) is 6.42 Å². The van der Waals surface area contributed by atoms with Crippen LogP contribution in [0.5, 0.6) is 0 Å². The second-order valence-corrected chi connectivity index (χ2v) is 4.09. The van der Waals surface area contributed by atoms with Crippen molar-refractivity contribution in [3.8, 4) is 0 Å². The summed E-state index contributed by atoms with van der Waals surface area (Å²) in [6.45, 7) is -0.103. The predicted molar refractivity (Wildman–Crippen MR) is 43.3 cm³/mol. The molecule has 0 radical (unpaired) electrons. The molecule has 2 atom stereocenters. The van der Waals surface area contributed by atoms with Crippen LogP contribution in [-0.4, -0.2) is 18.5 Å². The third kappa shape index (κ3) is 1.60. The lowest BCUT2D eigenvalue weighted by molar-refractivity contribution is -0.0589. The van der Waals surface area contributed by atoms with E-state index in [2.05, 4.69) is 5.32 Å². The van der Waals surface area contributed by atoms with Crippen LogP contribution < -0.4 is 5.32 Å². The molecule has 0 spiro atoms. The fourth-order valence-corrected chi connectivity index (χ4v) is 2.46. The van der Waals surface area contributed by atoms with Gasteiger partial charge in [0.1, 0.15) is 0 Å². The van der Waals surface area contributed by atoms with E-state index in [0.717, 1.165) is 19.3 Å². The molecule has 2 fully saturated rings. The molecule has 1 saturated heterocycles. The van der Waals surface area contributed by atoms with Gasteiger partial charge in [0.25, 0.3) is 5.92 Å². The Morgan fingerprint density at radius 1 is 1.17 bits per heavy atom. The van der Waals surface area contributed by atoms with Crippen LogP contribution in [0, 0.1) is 5.92 Å². The highest BCUT2D eigenvalue weighted by atomic mass is 19.3. The fraction of sp³-hybridized carbons (Fsp3) is 1.00. The monoisotopic (exact) mass is 175 g/mol. The van der Waals surface area contributed by atoms with E-state index >= 15 is 0 Å². The molecule has 1 aliphatic carbocycles. The van der Waals surface area contributed by atoms with Crippen LogP contribution in [-0.2, 0) is 0 Å². The molecule has 0 bridgehead atoms. The summed E-state index contributed by atoms with van der Waals surface area (Å²) in [4.78, 5) is 0. The van der Waals surface area contributed by atoms with Crippen molar-refractivity contribution in [2.75, 3.05) is 6.54 Å². The van der Waals surface area contributed by atoms with Gasteiger partial charge < -0.3 is 5.32 Å². The second-order valence-electron chi connectivity index (χ2n) is 4.09. The van der Waals surface area contributed by atoms with Crippen molar-refractivity contribution in [2.45, 2.75) is 44.1 Å². The quantitative estimate of drug-likeness (QED) is 0.595. The average molecular weight is 175 g/mol. The highest BCUT2D eigenvalue weighted by Crippen LogP contribution is 2.36. The topological polar surface area (TPSA) is 12.0 Å². The van der Waals surface area contributed by atoms with Crippen LogP contribution in [0.2, 0.25) is 0 Å². The summed E-state index contributed by atoms with van der Waals surface area (Å²) in [7, 11) is 0. The Labute approximate surface area is 71.5 Å². The van der Waals surface area contributed by atoms with Gasteiger partial charge in [-0.2, -0.15) is 0 Å². The van der Waals surface area contributed by atoms with Gasteiger partial charge in [0, 0.05) is 12.5 Å². The first-order valence-corrected chi connectivity index (χ1v) is 4.79. The van der Waals surface area contributed by atoms with Crippen LogP contribution in [0.4, 0.5) is 8.78 Å². The summed E-state index contributed by atoms with van der Waals surface area (Å²) in [5.74, 6) is -2.21. The summed E-state index contributed by atoms with van der Waals surface area (Å²) in [6.07, 6.45) is 4.55. The molecule has 12 heavy (non-hydrogen) atoms. The zero-order valence-corrected chi connectivity index (χ0v) is 7.15. The molecular formula is C9H15F2N. The van der Waals surface area contributed by atoms with Gasteiger partial charge in [0.15, 0.2) is 0 Å². The maximum atomic E-state index is 12.9. The molecular weight excluding hydrogens is 160 g/mol. The summed E-state index contributed by atoms with van der Waals surface area (Å²) in [5, 5.41) is 2.96. The third-order valence-corrected chi connectivity index (χ3v) is 3.09. The van der Waals surface area contributed by atoms with Crippen molar-refractivity contribution in [1.29, 1.82) is 0 Å². The van der Waals surface area contributed by atoms with Gasteiger partial charge in [-0.15, -0.1) is 0 Å². The van der Waals surface area contributed by atoms with E-state index in [1.54, 1.807) is 0 Å². The van der Waals surface area contributed by atoms with Gasteiger partial charge in [0.05, 0.1) is 6.54 Å². The summed E-state index contributed by atoms with van der Waals surface area (Å²) >= 11 is 0. The lowest BCUT2D eigenvalue weighted by atomic mass is 9.78. The zero-order valence-electron chi connectivity index (χ0n) is 7.15. The van der Waals surface area contributed by atoms with Gasteiger partial charge in [-0.05, 0) is 18.8 Å². The highest BCUT2D eigenvalue weighted by molar-refractivity contribution is 4.91. The smallest absolute Gasteiger partial charge is 0.260 e. The molecule has 1 nitrogen and oxygen atoms in total. The zero-order chi connectivity index (χ0) is 8.60. The van der Waals surface area contributed by atoms with Crippen molar-refractivity contribution in [2.24, 2.45) is 5.92 Å². The lowest BCUT2D eigenvalue weighted by Crippen LogP contribution is -2.51. The van der Waals surface area contributed by atoms with E-state index in [4.69, 9.17) is 0 Å². The molecule has 2 rings (SSSR count). The van der Waals surface area contributed by atoms with Crippen molar-refractivity contribution in [1.82, 2.24) is 5.32 Å². The largest absolute Gasteiger partial charge is 0.308 e. The predicted octanol–water partition coefficient (Wildman–Crippen LogP) is 2.17. The first-order valence-electron chi connectivity index (χ1n) is 4.79. The number of halogens is 2. The van der Waals surface area contributed by atoms with Crippen LogP contribution in [0.25, 0.3) is 0 Å². The van der Waals surface area contributed by atoms with Crippen LogP contribution in [0.1, 0.15) is 32.1 Å². The van der Waals surface area contributed by atoms with Crippen LogP contribution in [0.15, 0.2) is 0 Å². The van der Waals surface area contributed by atoms with E-state index in [1.807, 2.05) is 0 Å². The van der Waals surface area contributed by atoms with Gasteiger partial charge in [-0.25, -0.2) is 8.78 Å². The van der Waals surface area contributed by atoms with Gasteiger partial charge in [0.2, 0.25) is 0 Å². The van der Waals surface area contributed by atoms with E-state index in [-0.39, 0.29) is 18.9 Å². The van der Waals surface area contributed by atoms with E-state index < -0.39 is 5.92 Å². The second kappa shape index (κ2) is 2.95. The summed E-state index contributed by atoms with van der Waals surface area (Å²) in [6, 6.07) is 0.387. The van der Waals surface area contributed by atoms with Crippen molar-refractivity contribution in [3.05, 3.63) is 0 Å². The number of hydrogen-bond donors (Lipinski definition) is 1. The Bertz CT molecular complexity index is 170. The Hall–Kier alpha value is -0.180. The minimum atomic E-state index is -2.45. The molecule has 0 aromatic carbocycles. The molecule has 0 unspecified atom stereocenters. The molecule has 1 saturated carbocycles. The molecule has 0 aromatic rings. The maximum absolute atomic E-state index is 12.9. The molecule has 2 aliphatic rings. The third-order valence-electron chi connectivity index (χ3n) is 3.09. The van der Waals surface area contributed by atoms with E-state index in [9.17, 15) is 8.78 Å². The molecule has 70 valence electrons. The Balaban J connectivity index is 1.99. The first kappa shape index (κ1) is 8.42. The van der Waals surface area contributed by atoms with E-state index in [0.29, 0.717) is 6.04 Å². The molecule has 1 aliphatic heterocycles. The minimum absolute atomic E-state index is 0.103. The van der Waals surface area contributed by atoms with Crippen molar-refractivity contribution < 1.29 is 8.78 Å². The minimum Gasteiger partial charge on any atom is -0.308 e. The normalized spacial score (nSPS) is 40.5. The fourth-order valence-electron chi connectivity index (χ4n) is 2.46. The van der Waals surface area contributed by atoms with Crippen LogP contribution >= 0.6 is 0 Å². The molecule has 1 N–H and O–H groups in total. The maximum Gasteiger partial charge on any atom is 0.260 e. The Morgan fingerprint density at radius 3 is 2.75 bits per heavy atom. The summed E-state index contributed by atoms with van der Waals surface area (Å²) < 4.78 is 25.8. The Kier molecular flexibility index (Phi) is 2.07. The Morgan fingerprint density at radius 2 is 1.92 bits per heavy atom. The molecule has 0 amide bonds. The number of rotatable bonds is 0. The summed E-state index contributed by atoms with van der Waals surface area (Å²) in [5.41, 5.74) is 0. The number of nitrogens with one attached hydrogen (secondary N) is 1. The van der Waals surface area contributed by atoms with Gasteiger partial charge in [-0.1, -0.05) is 12.8 Å². The van der Waals surface area contributed by atoms with Gasteiger partial charge >= 0.3 is 0 Å². The number of alkyl halides is 2. The van der Waals surface area contributed by atoms with Crippen LogP contribution in [0.3, 0.4) is 0 Å². The first-order chi connectivity index (χ1) is 5.67. The number of hydrogen-bond acceptors (Lipinski definition) is 1. The molecule has 1 heterocycles. The molecule has 3 heteroatoms. The van der Waals surface area contributed by atoms with Crippen molar-refractivity contribution >= 4 is 0 Å². The van der Waals surface area contributed by atoms with Crippen molar-refractivity contribution in [3.63, 3.8) is 0 Å². The SMILES string of the molecule is FC1(F)CN[C@@H]2CCCC[C@H]2C1. The number of fused-ring (bicyclic) bond motifs is 1. The number of piperidine rings is 1. The standard InChI is InChI=1S/C9H15F2N/c10-9(11)5-7-3-1-2-4-8(7)12-6-9/h7-8,12H,1-6H2/t7-,8+/m0/s1. The lowest BCUT2D eigenvalue weighted by Gasteiger charge is -2.39. The molecule has 0 aromatic heterocycles.